The van der Waals surface area contributed by atoms with E-state index in [1.54, 1.807) is 18.2 Å². The van der Waals surface area contributed by atoms with E-state index in [4.69, 9.17) is 12.2 Å². The number of benzene rings is 2. The SMILES string of the molecule is O=C1/C(=C\c2ccc(F)cc2)SC(=S)N1Nc1nc2ccccc2s1. The van der Waals surface area contributed by atoms with Gasteiger partial charge in [0.25, 0.3) is 5.91 Å². The Kier molecular flexibility index (Phi) is 4.24. The van der Waals surface area contributed by atoms with Gasteiger partial charge in [-0.1, -0.05) is 47.4 Å². The van der Waals surface area contributed by atoms with Crippen LogP contribution in [0.15, 0.2) is 53.4 Å². The highest BCUT2D eigenvalue weighted by Crippen LogP contribution is 2.34. The number of nitrogens with zero attached hydrogens (tertiary/aromatic N) is 2. The van der Waals surface area contributed by atoms with E-state index in [1.165, 1.54) is 40.2 Å². The van der Waals surface area contributed by atoms with E-state index in [0.717, 1.165) is 15.8 Å². The highest BCUT2D eigenvalue weighted by Gasteiger charge is 2.33. The van der Waals surface area contributed by atoms with Crippen molar-refractivity contribution in [1.29, 1.82) is 0 Å². The molecule has 0 unspecified atom stereocenters. The first-order chi connectivity index (χ1) is 12.1. The molecule has 0 atom stereocenters. The molecule has 25 heavy (non-hydrogen) atoms. The molecule has 3 aromatic rings. The van der Waals surface area contributed by atoms with Crippen molar-refractivity contribution in [3.63, 3.8) is 0 Å². The van der Waals surface area contributed by atoms with Gasteiger partial charge in [0.15, 0.2) is 4.32 Å². The van der Waals surface area contributed by atoms with Gasteiger partial charge >= 0.3 is 0 Å². The van der Waals surface area contributed by atoms with E-state index < -0.39 is 0 Å². The molecular weight excluding hydrogens is 377 g/mol. The number of hydrogen-bond donors (Lipinski definition) is 1. The number of para-hydroxylation sites is 1. The van der Waals surface area contributed by atoms with Crippen LogP contribution in [-0.4, -0.2) is 20.2 Å². The number of aromatic nitrogens is 1. The molecular formula is C17H10FN3OS3. The molecule has 1 aliphatic rings. The van der Waals surface area contributed by atoms with E-state index in [1.807, 2.05) is 24.3 Å². The van der Waals surface area contributed by atoms with E-state index in [9.17, 15) is 9.18 Å². The Labute approximate surface area is 156 Å². The maximum atomic E-state index is 13.0. The van der Waals surface area contributed by atoms with Crippen LogP contribution in [0.5, 0.6) is 0 Å². The molecule has 1 aliphatic heterocycles. The van der Waals surface area contributed by atoms with Gasteiger partial charge in [0, 0.05) is 0 Å². The summed E-state index contributed by atoms with van der Waals surface area (Å²) in [6.45, 7) is 0. The molecule has 1 saturated heterocycles. The molecule has 0 radical (unpaired) electrons. The highest BCUT2D eigenvalue weighted by molar-refractivity contribution is 8.26. The van der Waals surface area contributed by atoms with Gasteiger partial charge in [-0.15, -0.1) is 0 Å². The number of amides is 1. The third-order valence-corrected chi connectivity index (χ3v) is 5.71. The van der Waals surface area contributed by atoms with Crippen LogP contribution in [0.3, 0.4) is 0 Å². The standard InChI is InChI=1S/C17H10FN3OS3/c18-11-7-5-10(6-8-11)9-14-15(22)21(17(23)25-14)20-16-19-12-3-1-2-4-13(12)24-16/h1-9H,(H,19,20)/b14-9+. The number of anilines is 1. The van der Waals surface area contributed by atoms with Gasteiger partial charge in [-0.3, -0.25) is 10.2 Å². The molecule has 1 amide bonds. The Hall–Kier alpha value is -2.29. The minimum absolute atomic E-state index is 0.251. The average Bonchev–Trinajstić information content (AvgIpc) is 3.13. The van der Waals surface area contributed by atoms with Crippen molar-refractivity contribution < 1.29 is 9.18 Å². The van der Waals surface area contributed by atoms with Crippen molar-refractivity contribution in [2.24, 2.45) is 0 Å². The first-order valence-electron chi connectivity index (χ1n) is 7.26. The number of thiocarbonyl (C=S) groups is 1. The van der Waals surface area contributed by atoms with Crippen LogP contribution in [0, 0.1) is 5.82 Å². The molecule has 0 saturated carbocycles. The summed E-state index contributed by atoms with van der Waals surface area (Å²) in [6, 6.07) is 13.7. The lowest BCUT2D eigenvalue weighted by atomic mass is 10.2. The van der Waals surface area contributed by atoms with Crippen molar-refractivity contribution in [1.82, 2.24) is 9.99 Å². The number of rotatable bonds is 3. The summed E-state index contributed by atoms with van der Waals surface area (Å²) in [5.41, 5.74) is 4.58. The van der Waals surface area contributed by atoms with Gasteiger partial charge in [-0.2, -0.15) is 5.01 Å². The van der Waals surface area contributed by atoms with Gasteiger partial charge < -0.3 is 0 Å². The van der Waals surface area contributed by atoms with Crippen molar-refractivity contribution in [3.8, 4) is 0 Å². The number of carbonyl (C=O) groups is 1. The molecule has 2 aromatic carbocycles. The largest absolute Gasteiger partial charge is 0.285 e. The first-order valence-corrected chi connectivity index (χ1v) is 9.30. The smallest absolute Gasteiger partial charge is 0.266 e. The molecule has 0 aliphatic carbocycles. The molecule has 1 aromatic heterocycles. The Balaban J connectivity index is 1.57. The predicted molar refractivity (Wildman–Crippen MR) is 105 cm³/mol. The molecule has 1 N–H and O–H groups in total. The number of thiazole rings is 1. The summed E-state index contributed by atoms with van der Waals surface area (Å²) in [5.74, 6) is -0.569. The van der Waals surface area contributed by atoms with Crippen LogP contribution >= 0.6 is 35.3 Å². The topological polar surface area (TPSA) is 45.2 Å². The second-order valence-electron chi connectivity index (χ2n) is 5.17. The number of hydrogen-bond acceptors (Lipinski definition) is 6. The molecule has 0 bridgehead atoms. The number of fused-ring (bicyclic) bond motifs is 1. The predicted octanol–water partition coefficient (Wildman–Crippen LogP) is 4.66. The monoisotopic (exact) mass is 387 g/mol. The quantitative estimate of drug-likeness (QED) is 0.523. The number of hydrazine groups is 1. The van der Waals surface area contributed by atoms with Crippen LogP contribution in [-0.2, 0) is 4.79 Å². The summed E-state index contributed by atoms with van der Waals surface area (Å²) in [7, 11) is 0. The number of nitrogens with one attached hydrogen (secondary N) is 1. The van der Waals surface area contributed by atoms with Crippen molar-refractivity contribution in [2.45, 2.75) is 0 Å². The van der Waals surface area contributed by atoms with E-state index in [2.05, 4.69) is 10.4 Å². The fourth-order valence-electron chi connectivity index (χ4n) is 2.29. The van der Waals surface area contributed by atoms with Crippen LogP contribution in [0.2, 0.25) is 0 Å². The molecule has 1 fully saturated rings. The van der Waals surface area contributed by atoms with Gasteiger partial charge in [-0.05, 0) is 48.1 Å². The minimum Gasteiger partial charge on any atom is -0.266 e. The van der Waals surface area contributed by atoms with E-state index >= 15 is 0 Å². The van der Waals surface area contributed by atoms with Crippen LogP contribution < -0.4 is 5.43 Å². The molecule has 0 spiro atoms. The fraction of sp³-hybridized carbons (Fsp3) is 0. The Morgan fingerprint density at radius 3 is 2.68 bits per heavy atom. The molecule has 2 heterocycles. The zero-order valence-corrected chi connectivity index (χ0v) is 15.1. The first kappa shape index (κ1) is 16.2. The second-order valence-corrected chi connectivity index (χ2v) is 7.87. The maximum Gasteiger partial charge on any atom is 0.285 e. The van der Waals surface area contributed by atoms with Gasteiger partial charge in [0.2, 0.25) is 5.13 Å². The molecule has 4 nitrogen and oxygen atoms in total. The van der Waals surface area contributed by atoms with Crippen LogP contribution in [0.4, 0.5) is 9.52 Å². The number of carbonyl (C=O) groups excluding carboxylic acids is 1. The minimum atomic E-state index is -0.317. The normalized spacial score (nSPS) is 16.2. The van der Waals surface area contributed by atoms with E-state index in [0.29, 0.717) is 14.4 Å². The molecule has 124 valence electrons. The summed E-state index contributed by atoms with van der Waals surface area (Å²) in [6.07, 6.45) is 1.69. The fourth-order valence-corrected chi connectivity index (χ4v) is 4.32. The molecule has 4 rings (SSSR count). The summed E-state index contributed by atoms with van der Waals surface area (Å²) < 4.78 is 14.4. The Bertz CT molecular complexity index is 980. The van der Waals surface area contributed by atoms with Crippen molar-refractivity contribution in [3.05, 3.63) is 64.8 Å². The van der Waals surface area contributed by atoms with Gasteiger partial charge in [-0.25, -0.2) is 9.37 Å². The van der Waals surface area contributed by atoms with Crippen LogP contribution in [0.25, 0.3) is 16.3 Å². The van der Waals surface area contributed by atoms with Gasteiger partial charge in [0.05, 0.1) is 15.1 Å². The zero-order valence-electron chi connectivity index (χ0n) is 12.6. The third kappa shape index (κ3) is 3.28. The lowest BCUT2D eigenvalue weighted by Crippen LogP contribution is -2.33. The average molecular weight is 387 g/mol. The Morgan fingerprint density at radius 2 is 1.92 bits per heavy atom. The van der Waals surface area contributed by atoms with Gasteiger partial charge in [0.1, 0.15) is 5.82 Å². The molecule has 8 heteroatoms. The zero-order chi connectivity index (χ0) is 17.4. The van der Waals surface area contributed by atoms with Crippen molar-refractivity contribution >= 4 is 67.0 Å². The number of halogens is 1. The maximum absolute atomic E-state index is 13.0. The summed E-state index contributed by atoms with van der Waals surface area (Å²) in [5, 5.41) is 1.91. The van der Waals surface area contributed by atoms with E-state index in [-0.39, 0.29) is 11.7 Å². The highest BCUT2D eigenvalue weighted by atomic mass is 32.2. The van der Waals surface area contributed by atoms with Crippen molar-refractivity contribution in [2.75, 3.05) is 5.43 Å². The lowest BCUT2D eigenvalue weighted by molar-refractivity contribution is -0.121. The number of thioether (sulfide) groups is 1. The summed E-state index contributed by atoms with van der Waals surface area (Å²) in [4.78, 5) is 17.5. The second kappa shape index (κ2) is 6.55. The third-order valence-electron chi connectivity index (χ3n) is 3.46. The Morgan fingerprint density at radius 1 is 1.16 bits per heavy atom. The lowest BCUT2D eigenvalue weighted by Gasteiger charge is -2.14. The van der Waals surface area contributed by atoms with Crippen LogP contribution in [0.1, 0.15) is 5.56 Å². The summed E-state index contributed by atoms with van der Waals surface area (Å²) >= 11 is 7.94.